The lowest BCUT2D eigenvalue weighted by Gasteiger charge is -2.33. The Bertz CT molecular complexity index is 1340. The number of hydrogen-bond acceptors (Lipinski definition) is 6. The van der Waals surface area contributed by atoms with Crippen LogP contribution in [-0.2, 0) is 6.18 Å². The standard InChI is InChI=1S/C22H17ClF3N5OS/c23-19-16(11-28-31(21(19)32)18-8-7-14(10-27-18)22(24,25)26)30-9-3-4-13(12-30)20-29-15-5-1-2-6-17(15)33-20/h1-2,5-8,10-11,13H,3-4,9,12H2. The highest BCUT2D eigenvalue weighted by Crippen LogP contribution is 2.35. The first-order valence-corrected chi connectivity index (χ1v) is 11.4. The summed E-state index contributed by atoms with van der Waals surface area (Å²) in [5.74, 6) is 0.165. The van der Waals surface area contributed by atoms with Gasteiger partial charge in [-0.1, -0.05) is 23.7 Å². The molecule has 0 spiro atoms. The normalized spacial score (nSPS) is 17.0. The molecule has 0 bridgehead atoms. The van der Waals surface area contributed by atoms with Crippen molar-refractivity contribution in [2.45, 2.75) is 24.9 Å². The summed E-state index contributed by atoms with van der Waals surface area (Å²) in [5.41, 5.74) is -0.0728. The molecule has 4 aromatic rings. The highest BCUT2D eigenvalue weighted by molar-refractivity contribution is 7.18. The van der Waals surface area contributed by atoms with Crippen LogP contribution in [-0.4, -0.2) is 32.8 Å². The van der Waals surface area contributed by atoms with Gasteiger partial charge in [-0.2, -0.15) is 23.0 Å². The van der Waals surface area contributed by atoms with Crippen LogP contribution >= 0.6 is 22.9 Å². The number of alkyl halides is 3. The van der Waals surface area contributed by atoms with Gasteiger partial charge in [-0.05, 0) is 37.1 Å². The molecule has 1 atom stereocenters. The zero-order chi connectivity index (χ0) is 23.2. The largest absolute Gasteiger partial charge is 0.417 e. The minimum absolute atomic E-state index is 0.0348. The molecule has 1 aliphatic heterocycles. The van der Waals surface area contributed by atoms with Crippen molar-refractivity contribution in [1.29, 1.82) is 0 Å². The minimum Gasteiger partial charge on any atom is -0.368 e. The van der Waals surface area contributed by atoms with Gasteiger partial charge in [0.05, 0.1) is 32.7 Å². The summed E-state index contributed by atoms with van der Waals surface area (Å²) >= 11 is 8.08. The van der Waals surface area contributed by atoms with Crippen molar-refractivity contribution in [3.8, 4) is 5.82 Å². The molecule has 1 unspecified atom stereocenters. The molecule has 1 aromatic carbocycles. The smallest absolute Gasteiger partial charge is 0.368 e. The fourth-order valence-electron chi connectivity index (χ4n) is 3.95. The van der Waals surface area contributed by atoms with Crippen LogP contribution in [0.4, 0.5) is 18.9 Å². The number of aromatic nitrogens is 4. The molecule has 33 heavy (non-hydrogen) atoms. The topological polar surface area (TPSA) is 63.9 Å². The number of rotatable bonds is 3. The SMILES string of the molecule is O=c1c(Cl)c(N2CCCC(c3nc4ccccc4s3)C2)cnn1-c1ccc(C(F)(F)F)cn1. The van der Waals surface area contributed by atoms with E-state index in [1.165, 1.54) is 6.20 Å². The van der Waals surface area contributed by atoms with Crippen molar-refractivity contribution in [3.05, 3.63) is 74.7 Å². The summed E-state index contributed by atoms with van der Waals surface area (Å²) in [7, 11) is 0. The molecule has 1 saturated heterocycles. The number of hydrogen-bond donors (Lipinski definition) is 0. The van der Waals surface area contributed by atoms with Gasteiger partial charge in [0.2, 0.25) is 0 Å². The number of fused-ring (bicyclic) bond motifs is 1. The summed E-state index contributed by atoms with van der Waals surface area (Å²) in [4.78, 5) is 23.4. The average Bonchev–Trinajstić information content (AvgIpc) is 3.25. The van der Waals surface area contributed by atoms with E-state index in [0.717, 1.165) is 44.9 Å². The molecule has 0 saturated carbocycles. The lowest BCUT2D eigenvalue weighted by atomic mass is 9.98. The molecule has 0 aliphatic carbocycles. The van der Waals surface area contributed by atoms with Gasteiger partial charge in [-0.15, -0.1) is 11.3 Å². The third kappa shape index (κ3) is 4.20. The molecule has 4 heterocycles. The molecule has 170 valence electrons. The predicted molar refractivity (Wildman–Crippen MR) is 121 cm³/mol. The molecule has 0 radical (unpaired) electrons. The van der Waals surface area contributed by atoms with Crippen molar-refractivity contribution in [1.82, 2.24) is 19.7 Å². The van der Waals surface area contributed by atoms with Crippen molar-refractivity contribution >= 4 is 38.8 Å². The number of piperidine rings is 1. The average molecular weight is 492 g/mol. The number of thiazole rings is 1. The second-order valence-electron chi connectivity index (χ2n) is 7.77. The maximum Gasteiger partial charge on any atom is 0.417 e. The Hall–Kier alpha value is -2.98. The van der Waals surface area contributed by atoms with E-state index in [1.54, 1.807) is 11.3 Å². The van der Waals surface area contributed by atoms with Crippen molar-refractivity contribution in [2.24, 2.45) is 0 Å². The van der Waals surface area contributed by atoms with Crippen LogP contribution in [0.25, 0.3) is 16.0 Å². The Labute approximate surface area is 195 Å². The Morgan fingerprint density at radius 1 is 1.12 bits per heavy atom. The number of halogens is 4. The first-order valence-electron chi connectivity index (χ1n) is 10.2. The Morgan fingerprint density at radius 2 is 1.94 bits per heavy atom. The molecule has 0 N–H and O–H groups in total. The van der Waals surface area contributed by atoms with Gasteiger partial charge in [-0.3, -0.25) is 4.79 Å². The third-order valence-corrected chi connectivity index (χ3v) is 7.17. The predicted octanol–water partition coefficient (Wildman–Crippen LogP) is 5.29. The van der Waals surface area contributed by atoms with Gasteiger partial charge in [-0.25, -0.2) is 9.97 Å². The van der Waals surface area contributed by atoms with Gasteiger partial charge >= 0.3 is 6.18 Å². The first-order chi connectivity index (χ1) is 15.8. The summed E-state index contributed by atoms with van der Waals surface area (Å²) < 4.78 is 40.4. The molecule has 3 aromatic heterocycles. The zero-order valence-corrected chi connectivity index (χ0v) is 18.7. The second-order valence-corrected chi connectivity index (χ2v) is 9.21. The van der Waals surface area contributed by atoms with Gasteiger partial charge in [0.15, 0.2) is 5.82 Å². The molecular weight excluding hydrogens is 475 g/mol. The fourth-order valence-corrected chi connectivity index (χ4v) is 5.29. The van der Waals surface area contributed by atoms with Gasteiger partial charge in [0.25, 0.3) is 5.56 Å². The maximum atomic E-state index is 12.9. The molecule has 1 fully saturated rings. The summed E-state index contributed by atoms with van der Waals surface area (Å²) in [6, 6.07) is 9.94. The summed E-state index contributed by atoms with van der Waals surface area (Å²) in [6.45, 7) is 1.36. The number of pyridine rings is 1. The van der Waals surface area contributed by atoms with Gasteiger partial charge < -0.3 is 4.90 Å². The zero-order valence-electron chi connectivity index (χ0n) is 17.1. The second kappa shape index (κ2) is 8.42. The molecule has 5 rings (SSSR count). The van der Waals surface area contributed by atoms with E-state index < -0.39 is 17.3 Å². The summed E-state index contributed by atoms with van der Waals surface area (Å²) in [6.07, 6.45) is -0.504. The molecule has 1 aliphatic rings. The van der Waals surface area contributed by atoms with Crippen LogP contribution in [0, 0.1) is 0 Å². The molecule has 6 nitrogen and oxygen atoms in total. The summed E-state index contributed by atoms with van der Waals surface area (Å²) in [5, 5.41) is 5.13. The van der Waals surface area contributed by atoms with Crippen LogP contribution in [0.2, 0.25) is 5.02 Å². The number of para-hydroxylation sites is 1. The monoisotopic (exact) mass is 491 g/mol. The van der Waals surface area contributed by atoms with E-state index in [4.69, 9.17) is 16.6 Å². The Morgan fingerprint density at radius 3 is 2.67 bits per heavy atom. The number of benzene rings is 1. The van der Waals surface area contributed by atoms with E-state index in [0.29, 0.717) is 25.0 Å². The lowest BCUT2D eigenvalue weighted by molar-refractivity contribution is -0.137. The third-order valence-electron chi connectivity index (χ3n) is 5.61. The highest BCUT2D eigenvalue weighted by atomic mass is 35.5. The number of anilines is 1. The fraction of sp³-hybridized carbons (Fsp3) is 0.273. The minimum atomic E-state index is -4.51. The van der Waals surface area contributed by atoms with E-state index in [2.05, 4.69) is 10.1 Å². The van der Waals surface area contributed by atoms with Gasteiger partial charge in [0.1, 0.15) is 5.02 Å². The Kier molecular flexibility index (Phi) is 5.57. The van der Waals surface area contributed by atoms with E-state index in [-0.39, 0.29) is 16.8 Å². The quantitative estimate of drug-likeness (QED) is 0.389. The van der Waals surface area contributed by atoms with Crippen LogP contribution in [0.3, 0.4) is 0 Å². The molecule has 0 amide bonds. The van der Waals surface area contributed by atoms with Crippen LogP contribution in [0.5, 0.6) is 0 Å². The van der Waals surface area contributed by atoms with Crippen molar-refractivity contribution in [2.75, 3.05) is 18.0 Å². The first kappa shape index (κ1) is 21.8. The van der Waals surface area contributed by atoms with Crippen molar-refractivity contribution < 1.29 is 13.2 Å². The molecular formula is C22H17ClF3N5OS. The van der Waals surface area contributed by atoms with Crippen LogP contribution in [0.15, 0.2) is 53.6 Å². The van der Waals surface area contributed by atoms with Crippen LogP contribution < -0.4 is 10.5 Å². The molecule has 11 heteroatoms. The van der Waals surface area contributed by atoms with Crippen LogP contribution in [0.1, 0.15) is 29.3 Å². The van der Waals surface area contributed by atoms with Gasteiger partial charge in [0, 0.05) is 25.2 Å². The van der Waals surface area contributed by atoms with Crippen molar-refractivity contribution in [3.63, 3.8) is 0 Å². The Balaban J connectivity index is 1.41. The number of nitrogens with zero attached hydrogens (tertiary/aromatic N) is 5. The van der Waals surface area contributed by atoms with E-state index >= 15 is 0 Å². The lowest BCUT2D eigenvalue weighted by Crippen LogP contribution is -2.36. The highest BCUT2D eigenvalue weighted by Gasteiger charge is 2.31. The van der Waals surface area contributed by atoms with E-state index in [1.807, 2.05) is 29.2 Å². The maximum absolute atomic E-state index is 12.9. The van der Waals surface area contributed by atoms with E-state index in [9.17, 15) is 18.0 Å².